The van der Waals surface area contributed by atoms with E-state index < -0.39 is 6.10 Å². The molecule has 3 atom stereocenters. The topological polar surface area (TPSA) is 52.5 Å². The van der Waals surface area contributed by atoms with Crippen molar-refractivity contribution in [3.05, 3.63) is 35.9 Å². The third-order valence-electron chi connectivity index (χ3n) is 3.83. The van der Waals surface area contributed by atoms with Crippen molar-refractivity contribution in [2.45, 2.75) is 37.8 Å². The first kappa shape index (κ1) is 13.5. The fourth-order valence-corrected chi connectivity index (χ4v) is 2.82. The van der Waals surface area contributed by atoms with Crippen molar-refractivity contribution < 1.29 is 10.2 Å². The molecule has 3 heteroatoms. The fraction of sp³-hybridized carbons (Fsp3) is 0.600. The molecule has 3 N–H and O–H groups in total. The van der Waals surface area contributed by atoms with E-state index in [4.69, 9.17) is 5.11 Å². The van der Waals surface area contributed by atoms with Crippen LogP contribution >= 0.6 is 0 Å². The Bertz CT molecular complexity index is 342. The van der Waals surface area contributed by atoms with E-state index in [1.807, 2.05) is 6.07 Å². The Labute approximate surface area is 109 Å². The first-order valence-electron chi connectivity index (χ1n) is 6.86. The standard InChI is InChI=1S/C15H23NO2/c17-11-14(18)10-16-15-8-4-7-13(15)9-12-5-2-1-3-6-12/h1-3,5-6,13-18H,4,7-11H2/t13-,14-,15+/m1/s1. The van der Waals surface area contributed by atoms with Crippen LogP contribution in [0.5, 0.6) is 0 Å². The van der Waals surface area contributed by atoms with E-state index in [1.54, 1.807) is 0 Å². The minimum atomic E-state index is -0.636. The molecule has 0 radical (unpaired) electrons. The molecule has 0 amide bonds. The second kappa shape index (κ2) is 6.88. The second-order valence-electron chi connectivity index (χ2n) is 5.23. The van der Waals surface area contributed by atoms with Crippen LogP contribution in [0.15, 0.2) is 30.3 Å². The summed E-state index contributed by atoms with van der Waals surface area (Å²) < 4.78 is 0. The van der Waals surface area contributed by atoms with Gasteiger partial charge in [-0.25, -0.2) is 0 Å². The van der Waals surface area contributed by atoms with E-state index in [-0.39, 0.29) is 6.61 Å². The van der Waals surface area contributed by atoms with Gasteiger partial charge in [0.1, 0.15) is 0 Å². The Kier molecular flexibility index (Phi) is 5.17. The average Bonchev–Trinajstić information content (AvgIpc) is 2.84. The van der Waals surface area contributed by atoms with Crippen molar-refractivity contribution in [1.82, 2.24) is 5.32 Å². The largest absolute Gasteiger partial charge is 0.394 e. The maximum Gasteiger partial charge on any atom is 0.0895 e. The minimum Gasteiger partial charge on any atom is -0.394 e. The summed E-state index contributed by atoms with van der Waals surface area (Å²) in [7, 11) is 0. The average molecular weight is 249 g/mol. The highest BCUT2D eigenvalue weighted by atomic mass is 16.3. The predicted molar refractivity (Wildman–Crippen MR) is 72.4 cm³/mol. The summed E-state index contributed by atoms with van der Waals surface area (Å²) in [6, 6.07) is 11.1. The number of rotatable bonds is 6. The summed E-state index contributed by atoms with van der Waals surface area (Å²) in [4.78, 5) is 0. The molecule has 1 aromatic rings. The Hall–Kier alpha value is -0.900. The van der Waals surface area contributed by atoms with E-state index in [0.717, 1.165) is 6.42 Å². The maximum absolute atomic E-state index is 9.38. The van der Waals surface area contributed by atoms with Crippen molar-refractivity contribution in [2.24, 2.45) is 5.92 Å². The molecule has 0 spiro atoms. The molecule has 1 aliphatic rings. The molecule has 3 nitrogen and oxygen atoms in total. The van der Waals surface area contributed by atoms with Crippen molar-refractivity contribution in [1.29, 1.82) is 0 Å². The SMILES string of the molecule is OC[C@H](O)CN[C@H]1CCC[C@@H]1Cc1ccccc1. The van der Waals surface area contributed by atoms with Crippen molar-refractivity contribution in [3.63, 3.8) is 0 Å². The molecule has 0 saturated heterocycles. The van der Waals surface area contributed by atoms with Crippen LogP contribution in [0.3, 0.4) is 0 Å². The molecule has 1 aliphatic carbocycles. The van der Waals surface area contributed by atoms with Gasteiger partial charge in [0.15, 0.2) is 0 Å². The minimum absolute atomic E-state index is 0.164. The molecule has 1 saturated carbocycles. The number of hydrogen-bond acceptors (Lipinski definition) is 3. The van der Waals surface area contributed by atoms with Gasteiger partial charge in [0.25, 0.3) is 0 Å². The molecule has 1 aromatic carbocycles. The fourth-order valence-electron chi connectivity index (χ4n) is 2.82. The Morgan fingerprint density at radius 2 is 2.00 bits per heavy atom. The van der Waals surface area contributed by atoms with Gasteiger partial charge in [0, 0.05) is 12.6 Å². The molecular formula is C15H23NO2. The summed E-state index contributed by atoms with van der Waals surface area (Å²) >= 11 is 0. The molecule has 0 unspecified atom stereocenters. The number of nitrogens with one attached hydrogen (secondary N) is 1. The van der Waals surface area contributed by atoms with E-state index in [2.05, 4.69) is 29.6 Å². The summed E-state index contributed by atoms with van der Waals surface area (Å²) in [5.74, 6) is 0.651. The van der Waals surface area contributed by atoms with Gasteiger partial charge in [-0.05, 0) is 30.7 Å². The van der Waals surface area contributed by atoms with Crippen LogP contribution in [-0.2, 0) is 6.42 Å². The molecule has 100 valence electrons. The van der Waals surface area contributed by atoms with Crippen LogP contribution in [-0.4, -0.2) is 35.5 Å². The van der Waals surface area contributed by atoms with Gasteiger partial charge in [-0.3, -0.25) is 0 Å². The molecule has 2 rings (SSSR count). The lowest BCUT2D eigenvalue weighted by molar-refractivity contribution is 0.0904. The summed E-state index contributed by atoms with van der Waals surface area (Å²) in [6.45, 7) is 0.329. The van der Waals surface area contributed by atoms with Crippen molar-refractivity contribution >= 4 is 0 Å². The maximum atomic E-state index is 9.38. The highest BCUT2D eigenvalue weighted by Crippen LogP contribution is 2.28. The van der Waals surface area contributed by atoms with Gasteiger partial charge in [0.2, 0.25) is 0 Å². The van der Waals surface area contributed by atoms with Crippen LogP contribution in [0.25, 0.3) is 0 Å². The van der Waals surface area contributed by atoms with Crippen LogP contribution in [0.4, 0.5) is 0 Å². The van der Waals surface area contributed by atoms with Crippen LogP contribution in [0.2, 0.25) is 0 Å². The Morgan fingerprint density at radius 3 is 2.72 bits per heavy atom. The van der Waals surface area contributed by atoms with Crippen molar-refractivity contribution in [3.8, 4) is 0 Å². The zero-order valence-corrected chi connectivity index (χ0v) is 10.8. The predicted octanol–water partition coefficient (Wildman–Crippen LogP) is 1.34. The number of hydrogen-bond donors (Lipinski definition) is 3. The summed E-state index contributed by atoms with van der Waals surface area (Å²) in [5, 5.41) is 21.6. The van der Waals surface area contributed by atoms with E-state index >= 15 is 0 Å². The zero-order chi connectivity index (χ0) is 12.8. The lowest BCUT2D eigenvalue weighted by Gasteiger charge is -2.22. The van der Waals surface area contributed by atoms with Gasteiger partial charge >= 0.3 is 0 Å². The number of aliphatic hydroxyl groups is 2. The summed E-state index contributed by atoms with van der Waals surface area (Å²) in [5.41, 5.74) is 1.39. The van der Waals surface area contributed by atoms with Crippen LogP contribution in [0, 0.1) is 5.92 Å². The smallest absolute Gasteiger partial charge is 0.0895 e. The number of aliphatic hydroxyl groups excluding tert-OH is 2. The summed E-state index contributed by atoms with van der Waals surface area (Å²) in [6.07, 6.45) is 4.15. The molecule has 0 heterocycles. The molecule has 0 aliphatic heterocycles. The van der Waals surface area contributed by atoms with Gasteiger partial charge in [-0.15, -0.1) is 0 Å². The highest BCUT2D eigenvalue weighted by Gasteiger charge is 2.27. The first-order chi connectivity index (χ1) is 8.79. The quantitative estimate of drug-likeness (QED) is 0.713. The van der Waals surface area contributed by atoms with E-state index in [0.29, 0.717) is 18.5 Å². The molecule has 1 fully saturated rings. The molecule has 0 bridgehead atoms. The monoisotopic (exact) mass is 249 g/mol. The number of benzene rings is 1. The highest BCUT2D eigenvalue weighted by molar-refractivity contribution is 5.16. The Balaban J connectivity index is 1.84. The van der Waals surface area contributed by atoms with Gasteiger partial charge in [-0.2, -0.15) is 0 Å². The van der Waals surface area contributed by atoms with Gasteiger partial charge in [0.05, 0.1) is 12.7 Å². The normalized spacial score (nSPS) is 25.2. The Morgan fingerprint density at radius 1 is 1.22 bits per heavy atom. The third kappa shape index (κ3) is 3.80. The molecular weight excluding hydrogens is 226 g/mol. The zero-order valence-electron chi connectivity index (χ0n) is 10.8. The van der Waals surface area contributed by atoms with Gasteiger partial charge < -0.3 is 15.5 Å². The van der Waals surface area contributed by atoms with Crippen LogP contribution in [0.1, 0.15) is 24.8 Å². The van der Waals surface area contributed by atoms with E-state index in [1.165, 1.54) is 24.8 Å². The second-order valence-corrected chi connectivity index (χ2v) is 5.23. The third-order valence-corrected chi connectivity index (χ3v) is 3.83. The lowest BCUT2D eigenvalue weighted by atomic mass is 9.94. The molecule has 18 heavy (non-hydrogen) atoms. The first-order valence-corrected chi connectivity index (χ1v) is 6.86. The van der Waals surface area contributed by atoms with Gasteiger partial charge in [-0.1, -0.05) is 36.8 Å². The van der Waals surface area contributed by atoms with E-state index in [9.17, 15) is 5.11 Å². The molecule has 0 aromatic heterocycles. The van der Waals surface area contributed by atoms with Crippen molar-refractivity contribution in [2.75, 3.05) is 13.2 Å². The van der Waals surface area contributed by atoms with Crippen LogP contribution < -0.4 is 5.32 Å². The lowest BCUT2D eigenvalue weighted by Crippen LogP contribution is -2.39.